The minimum atomic E-state index is -0.428. The molecule has 112 valence electrons. The summed E-state index contributed by atoms with van der Waals surface area (Å²) in [6.07, 6.45) is 3.42. The zero-order chi connectivity index (χ0) is 15.4. The number of aryl methyl sites for hydroxylation is 1. The molecule has 3 nitrogen and oxygen atoms in total. The lowest BCUT2D eigenvalue weighted by molar-refractivity contribution is 0.424. The number of ether oxygens (including phenoxy) is 1. The summed E-state index contributed by atoms with van der Waals surface area (Å²) < 4.78 is 20.0. The van der Waals surface area contributed by atoms with E-state index in [9.17, 15) is 4.39 Å². The number of pyridine rings is 1. The molecule has 0 fully saturated rings. The minimum Gasteiger partial charge on any atom is -0.436 e. The second-order valence-electron chi connectivity index (χ2n) is 5.01. The van der Waals surface area contributed by atoms with E-state index < -0.39 is 5.82 Å². The molecule has 2 rings (SSSR count). The van der Waals surface area contributed by atoms with Gasteiger partial charge in [0.25, 0.3) is 0 Å². The van der Waals surface area contributed by atoms with Crippen molar-refractivity contribution in [1.29, 1.82) is 0 Å². The van der Waals surface area contributed by atoms with Crippen LogP contribution in [0.5, 0.6) is 11.6 Å². The summed E-state index contributed by atoms with van der Waals surface area (Å²) in [4.78, 5) is 4.27. The highest BCUT2D eigenvalue weighted by Gasteiger charge is 2.10. The zero-order valence-electron chi connectivity index (χ0n) is 12.1. The Hall–Kier alpha value is -1.46. The van der Waals surface area contributed by atoms with Crippen LogP contribution in [0, 0.1) is 12.7 Å². The molecule has 2 aromatic rings. The Balaban J connectivity index is 2.17. The summed E-state index contributed by atoms with van der Waals surface area (Å²) in [7, 11) is 0. The molecule has 1 aromatic carbocycles. The van der Waals surface area contributed by atoms with Gasteiger partial charge in [0.1, 0.15) is 0 Å². The number of rotatable bonds is 5. The summed E-state index contributed by atoms with van der Waals surface area (Å²) in [5.41, 5.74) is 7.86. The van der Waals surface area contributed by atoms with Crippen molar-refractivity contribution in [3.63, 3.8) is 0 Å². The van der Waals surface area contributed by atoms with Gasteiger partial charge in [-0.05, 0) is 49.6 Å². The molecule has 0 bridgehead atoms. The molecule has 0 spiro atoms. The van der Waals surface area contributed by atoms with Gasteiger partial charge in [-0.3, -0.25) is 0 Å². The van der Waals surface area contributed by atoms with Gasteiger partial charge >= 0.3 is 0 Å². The largest absolute Gasteiger partial charge is 0.436 e. The first kappa shape index (κ1) is 15.9. The number of hydrogen-bond donors (Lipinski definition) is 1. The number of nitrogens with zero attached hydrogens (tertiary/aromatic N) is 1. The van der Waals surface area contributed by atoms with E-state index in [1.807, 2.05) is 13.0 Å². The normalized spacial score (nSPS) is 12.2. The molecular formula is C16H18BrFN2O. The molecule has 1 heterocycles. The second-order valence-corrected chi connectivity index (χ2v) is 5.93. The molecule has 1 unspecified atom stereocenters. The quantitative estimate of drug-likeness (QED) is 0.869. The average Bonchev–Trinajstić information content (AvgIpc) is 2.44. The Bertz CT molecular complexity index is 634. The van der Waals surface area contributed by atoms with Gasteiger partial charge in [0, 0.05) is 22.3 Å². The molecule has 1 atom stereocenters. The lowest BCUT2D eigenvalue weighted by Crippen LogP contribution is -2.21. The maximum absolute atomic E-state index is 13.8. The summed E-state index contributed by atoms with van der Waals surface area (Å²) in [5.74, 6) is 0.138. The van der Waals surface area contributed by atoms with E-state index in [1.165, 1.54) is 6.07 Å². The lowest BCUT2D eigenvalue weighted by atomic mass is 10.1. The predicted octanol–water partition coefficient (Wildman–Crippen LogP) is 4.36. The van der Waals surface area contributed by atoms with Crippen LogP contribution in [0.1, 0.15) is 24.5 Å². The van der Waals surface area contributed by atoms with Crippen LogP contribution in [0.3, 0.4) is 0 Å². The first-order chi connectivity index (χ1) is 9.99. The van der Waals surface area contributed by atoms with Crippen LogP contribution in [0.25, 0.3) is 0 Å². The van der Waals surface area contributed by atoms with Gasteiger partial charge in [-0.25, -0.2) is 9.37 Å². The Kier molecular flexibility index (Phi) is 5.31. The van der Waals surface area contributed by atoms with Gasteiger partial charge in [-0.2, -0.15) is 0 Å². The van der Waals surface area contributed by atoms with Gasteiger partial charge in [-0.15, -0.1) is 0 Å². The Morgan fingerprint density at radius 3 is 2.76 bits per heavy atom. The van der Waals surface area contributed by atoms with Gasteiger partial charge < -0.3 is 10.5 Å². The molecule has 0 saturated carbocycles. The Morgan fingerprint density at radius 1 is 1.38 bits per heavy atom. The Labute approximate surface area is 132 Å². The predicted molar refractivity (Wildman–Crippen MR) is 85.1 cm³/mol. The third-order valence-corrected chi connectivity index (χ3v) is 3.70. The van der Waals surface area contributed by atoms with E-state index in [0.717, 1.165) is 24.0 Å². The van der Waals surface area contributed by atoms with Crippen LogP contribution in [0.15, 0.2) is 34.9 Å². The van der Waals surface area contributed by atoms with Gasteiger partial charge in [0.15, 0.2) is 11.6 Å². The summed E-state index contributed by atoms with van der Waals surface area (Å²) in [6, 6.07) is 6.76. The van der Waals surface area contributed by atoms with E-state index in [2.05, 4.69) is 27.8 Å². The number of halogens is 2. The molecule has 0 aliphatic heterocycles. The van der Waals surface area contributed by atoms with Gasteiger partial charge in [0.2, 0.25) is 5.88 Å². The van der Waals surface area contributed by atoms with Crippen molar-refractivity contribution in [2.24, 2.45) is 5.73 Å². The van der Waals surface area contributed by atoms with E-state index in [-0.39, 0.29) is 11.8 Å². The average molecular weight is 353 g/mol. The summed E-state index contributed by atoms with van der Waals surface area (Å²) in [6.45, 7) is 3.94. The fraction of sp³-hybridized carbons (Fsp3) is 0.312. The van der Waals surface area contributed by atoms with Crippen LogP contribution in [-0.2, 0) is 6.42 Å². The lowest BCUT2D eigenvalue weighted by Gasteiger charge is -2.12. The zero-order valence-corrected chi connectivity index (χ0v) is 13.7. The van der Waals surface area contributed by atoms with Crippen molar-refractivity contribution in [3.8, 4) is 11.6 Å². The van der Waals surface area contributed by atoms with Crippen molar-refractivity contribution >= 4 is 15.9 Å². The van der Waals surface area contributed by atoms with Crippen LogP contribution in [0.2, 0.25) is 0 Å². The van der Waals surface area contributed by atoms with Crippen molar-refractivity contribution < 1.29 is 9.13 Å². The highest BCUT2D eigenvalue weighted by molar-refractivity contribution is 9.10. The SMILES string of the molecule is CCC(N)Cc1cnc(Oc2ccc(Br)cc2F)c(C)c1. The van der Waals surface area contributed by atoms with Crippen molar-refractivity contribution in [1.82, 2.24) is 4.98 Å². The molecule has 1 aromatic heterocycles. The fourth-order valence-electron chi connectivity index (χ4n) is 1.95. The highest BCUT2D eigenvalue weighted by atomic mass is 79.9. The number of aromatic nitrogens is 1. The van der Waals surface area contributed by atoms with Crippen molar-refractivity contribution in [3.05, 3.63) is 51.9 Å². The molecule has 0 aliphatic rings. The number of nitrogens with two attached hydrogens (primary N) is 1. The molecule has 0 aliphatic carbocycles. The van der Waals surface area contributed by atoms with E-state index in [1.54, 1.807) is 18.3 Å². The van der Waals surface area contributed by atoms with Crippen LogP contribution < -0.4 is 10.5 Å². The molecule has 0 radical (unpaired) electrons. The van der Waals surface area contributed by atoms with E-state index >= 15 is 0 Å². The topological polar surface area (TPSA) is 48.1 Å². The third kappa shape index (κ3) is 4.25. The molecule has 0 saturated heterocycles. The first-order valence-corrected chi connectivity index (χ1v) is 7.63. The van der Waals surface area contributed by atoms with Crippen LogP contribution >= 0.6 is 15.9 Å². The minimum absolute atomic E-state index is 0.127. The summed E-state index contributed by atoms with van der Waals surface area (Å²) in [5, 5.41) is 0. The number of hydrogen-bond acceptors (Lipinski definition) is 3. The molecule has 5 heteroatoms. The number of benzene rings is 1. The highest BCUT2D eigenvalue weighted by Crippen LogP contribution is 2.27. The van der Waals surface area contributed by atoms with Gasteiger partial charge in [0.05, 0.1) is 0 Å². The van der Waals surface area contributed by atoms with E-state index in [0.29, 0.717) is 10.4 Å². The van der Waals surface area contributed by atoms with Crippen molar-refractivity contribution in [2.45, 2.75) is 32.7 Å². The Morgan fingerprint density at radius 2 is 2.14 bits per heavy atom. The smallest absolute Gasteiger partial charge is 0.222 e. The third-order valence-electron chi connectivity index (χ3n) is 3.21. The maximum atomic E-state index is 13.8. The summed E-state index contributed by atoms with van der Waals surface area (Å²) >= 11 is 3.21. The second kappa shape index (κ2) is 7.00. The van der Waals surface area contributed by atoms with Crippen LogP contribution in [0.4, 0.5) is 4.39 Å². The fourth-order valence-corrected chi connectivity index (χ4v) is 2.28. The molecule has 21 heavy (non-hydrogen) atoms. The van der Waals surface area contributed by atoms with Crippen LogP contribution in [-0.4, -0.2) is 11.0 Å². The van der Waals surface area contributed by atoms with Gasteiger partial charge in [-0.1, -0.05) is 22.9 Å². The maximum Gasteiger partial charge on any atom is 0.222 e. The van der Waals surface area contributed by atoms with Crippen molar-refractivity contribution in [2.75, 3.05) is 0 Å². The monoisotopic (exact) mass is 352 g/mol. The molecule has 2 N–H and O–H groups in total. The van der Waals surface area contributed by atoms with E-state index in [4.69, 9.17) is 10.5 Å². The molecule has 0 amide bonds. The molecular weight excluding hydrogens is 335 g/mol. The standard InChI is InChI=1S/C16H18BrFN2O/c1-3-13(19)7-11-6-10(2)16(20-9-11)21-15-5-4-12(17)8-14(15)18/h4-6,8-9,13H,3,7,19H2,1-2H3. The first-order valence-electron chi connectivity index (χ1n) is 6.83.